The number of hydrogen-bond acceptors (Lipinski definition) is 5. The van der Waals surface area contributed by atoms with E-state index in [0.717, 1.165) is 0 Å². The van der Waals surface area contributed by atoms with Crippen molar-refractivity contribution < 1.29 is 24.5 Å². The summed E-state index contributed by atoms with van der Waals surface area (Å²) in [4.78, 5) is 11.5. The monoisotopic (exact) mass is 381 g/mol. The highest BCUT2D eigenvalue weighted by atomic mass is 79.9. The lowest BCUT2D eigenvalue weighted by molar-refractivity contribution is -0.322. The van der Waals surface area contributed by atoms with Gasteiger partial charge in [-0.1, -0.05) is 40.2 Å². The van der Waals surface area contributed by atoms with Crippen molar-refractivity contribution >= 4 is 21.9 Å². The Bertz CT molecular complexity index is 575. The van der Waals surface area contributed by atoms with E-state index < -0.39 is 11.6 Å². The average molecular weight is 382 g/mol. The van der Waals surface area contributed by atoms with E-state index in [-0.39, 0.29) is 11.1 Å². The number of carbonyl (C=O) groups is 1. The number of halogens is 1. The van der Waals surface area contributed by atoms with Gasteiger partial charge in [-0.3, -0.25) is 0 Å². The number of hydrogen-bond donors (Lipinski definition) is 1. The van der Waals surface area contributed by atoms with Gasteiger partial charge in [0.15, 0.2) is 5.60 Å². The summed E-state index contributed by atoms with van der Waals surface area (Å²) >= 11 is 2.94. The van der Waals surface area contributed by atoms with Gasteiger partial charge in [0, 0.05) is 0 Å². The second-order valence-corrected chi connectivity index (χ2v) is 4.45. The molecule has 0 radical (unpaired) electrons. The number of aliphatic carboxylic acids is 1. The Morgan fingerprint density at radius 1 is 0.913 bits per heavy atom. The molecule has 0 atom stereocenters. The van der Waals surface area contributed by atoms with Gasteiger partial charge in [0.25, 0.3) is 0 Å². The Morgan fingerprint density at radius 3 is 1.43 bits per heavy atom. The molecule has 2 aromatic carbocycles. The van der Waals surface area contributed by atoms with Gasteiger partial charge in [-0.2, -0.15) is 0 Å². The Labute approximate surface area is 143 Å². The minimum atomic E-state index is -2.24. The Kier molecular flexibility index (Phi) is 7.06. The van der Waals surface area contributed by atoms with Gasteiger partial charge in [-0.15, -0.1) is 0 Å². The Balaban J connectivity index is 0.00000127. The van der Waals surface area contributed by atoms with Crippen molar-refractivity contribution in [1.29, 1.82) is 0 Å². The number of methoxy groups -OCH3 is 2. The topological polar surface area (TPSA) is 78.8 Å². The summed E-state index contributed by atoms with van der Waals surface area (Å²) in [5.41, 5.74) is -1.86. The second-order valence-electron chi connectivity index (χ2n) is 4.45. The van der Waals surface area contributed by atoms with Crippen molar-refractivity contribution in [1.82, 2.24) is 0 Å². The standard InChI is InChI=1S/C16H16O5.CH3Br/c1-20-13-7-3-11(4-8-13)16(19,15(17)18)12-5-9-14(21-2)10-6-12;1-2/h3-10,19H,1-2H3,(H,17,18);1H3/p-1. The van der Waals surface area contributed by atoms with Crippen molar-refractivity contribution in [3.05, 3.63) is 59.7 Å². The van der Waals surface area contributed by atoms with E-state index in [4.69, 9.17) is 9.47 Å². The van der Waals surface area contributed by atoms with Gasteiger partial charge in [-0.25, -0.2) is 0 Å². The van der Waals surface area contributed by atoms with E-state index in [2.05, 4.69) is 15.9 Å². The lowest BCUT2D eigenvalue weighted by Gasteiger charge is -2.30. The molecular formula is C17H18BrO5-. The highest BCUT2D eigenvalue weighted by molar-refractivity contribution is 9.08. The second kappa shape index (κ2) is 8.55. The summed E-state index contributed by atoms with van der Waals surface area (Å²) in [6.07, 6.45) is 0. The van der Waals surface area contributed by atoms with Gasteiger partial charge in [0.1, 0.15) is 11.5 Å². The first-order valence-electron chi connectivity index (χ1n) is 6.63. The predicted molar refractivity (Wildman–Crippen MR) is 88.8 cm³/mol. The van der Waals surface area contributed by atoms with Crippen molar-refractivity contribution in [2.24, 2.45) is 0 Å². The highest BCUT2D eigenvalue weighted by Crippen LogP contribution is 2.31. The molecule has 1 N–H and O–H groups in total. The van der Waals surface area contributed by atoms with E-state index in [0.29, 0.717) is 11.5 Å². The van der Waals surface area contributed by atoms with E-state index >= 15 is 0 Å². The number of carboxylic acids is 1. The number of aliphatic hydroxyl groups is 1. The molecule has 0 aliphatic carbocycles. The molecule has 0 saturated heterocycles. The van der Waals surface area contributed by atoms with Crippen LogP contribution in [0.15, 0.2) is 48.5 Å². The lowest BCUT2D eigenvalue weighted by Crippen LogP contribution is -2.46. The third-order valence-electron chi connectivity index (χ3n) is 3.31. The van der Waals surface area contributed by atoms with Crippen molar-refractivity contribution in [2.75, 3.05) is 20.1 Å². The molecule has 0 unspecified atom stereocenters. The zero-order chi connectivity index (χ0) is 17.5. The van der Waals surface area contributed by atoms with Crippen LogP contribution in [0.4, 0.5) is 0 Å². The van der Waals surface area contributed by atoms with Gasteiger partial charge < -0.3 is 24.5 Å². The molecule has 5 nitrogen and oxygen atoms in total. The summed E-state index contributed by atoms with van der Waals surface area (Å²) in [5.74, 6) is 1.34. The van der Waals surface area contributed by atoms with Crippen molar-refractivity contribution in [2.45, 2.75) is 5.60 Å². The molecule has 2 rings (SSSR count). The Morgan fingerprint density at radius 2 is 1.22 bits per heavy atom. The van der Waals surface area contributed by atoms with Gasteiger partial charge in [0.05, 0.1) is 20.2 Å². The van der Waals surface area contributed by atoms with Crippen LogP contribution in [-0.2, 0) is 10.4 Å². The fourth-order valence-corrected chi connectivity index (χ4v) is 2.07. The van der Waals surface area contributed by atoms with Crippen LogP contribution in [0, 0.1) is 0 Å². The third kappa shape index (κ3) is 4.03. The summed E-state index contributed by atoms with van der Waals surface area (Å²) in [5, 5.41) is 22.1. The first-order chi connectivity index (χ1) is 11.0. The van der Waals surface area contributed by atoms with Crippen LogP contribution in [0.3, 0.4) is 0 Å². The van der Waals surface area contributed by atoms with Crippen LogP contribution in [0.1, 0.15) is 11.1 Å². The molecule has 0 amide bonds. The first-order valence-corrected chi connectivity index (χ1v) is 8.21. The summed E-state index contributed by atoms with van der Waals surface area (Å²) in [7, 11) is 3.01. The third-order valence-corrected chi connectivity index (χ3v) is 3.31. The lowest BCUT2D eigenvalue weighted by atomic mass is 9.86. The summed E-state index contributed by atoms with van der Waals surface area (Å²) in [6.45, 7) is 0. The Hall–Kier alpha value is -2.05. The quantitative estimate of drug-likeness (QED) is 0.797. The average Bonchev–Trinajstić information content (AvgIpc) is 2.62. The number of ether oxygens (including phenoxy) is 2. The van der Waals surface area contributed by atoms with Gasteiger partial charge in [-0.05, 0) is 41.2 Å². The van der Waals surface area contributed by atoms with Gasteiger partial charge >= 0.3 is 0 Å². The van der Waals surface area contributed by atoms with E-state index in [1.165, 1.54) is 38.5 Å². The molecule has 124 valence electrons. The molecule has 0 aliphatic rings. The number of alkyl halides is 1. The van der Waals surface area contributed by atoms with Crippen LogP contribution in [0.25, 0.3) is 0 Å². The van der Waals surface area contributed by atoms with Gasteiger partial charge in [0.2, 0.25) is 0 Å². The van der Waals surface area contributed by atoms with Crippen LogP contribution in [-0.4, -0.2) is 31.1 Å². The maximum Gasteiger partial charge on any atom is 0.154 e. The fraction of sp³-hybridized carbons (Fsp3) is 0.235. The number of benzene rings is 2. The largest absolute Gasteiger partial charge is 0.546 e. The van der Waals surface area contributed by atoms with Crippen molar-refractivity contribution in [3.63, 3.8) is 0 Å². The number of carboxylic acid groups (broad SMARTS) is 1. The van der Waals surface area contributed by atoms with Crippen LogP contribution in [0.2, 0.25) is 0 Å². The minimum absolute atomic E-state index is 0.188. The maximum absolute atomic E-state index is 11.5. The molecule has 0 bridgehead atoms. The van der Waals surface area contributed by atoms with E-state index in [1.54, 1.807) is 24.3 Å². The minimum Gasteiger partial charge on any atom is -0.546 e. The SMILES string of the molecule is CBr.COc1ccc(C(O)(C(=O)[O-])c2ccc(OC)cc2)cc1. The molecule has 0 aromatic heterocycles. The number of carbonyl (C=O) groups excluding carboxylic acids is 1. The predicted octanol–water partition coefficient (Wildman–Crippen LogP) is 1.70. The molecule has 0 aliphatic heterocycles. The van der Waals surface area contributed by atoms with Crippen LogP contribution >= 0.6 is 15.9 Å². The van der Waals surface area contributed by atoms with Crippen LogP contribution in [0.5, 0.6) is 11.5 Å². The van der Waals surface area contributed by atoms with Crippen molar-refractivity contribution in [3.8, 4) is 11.5 Å². The zero-order valence-corrected chi connectivity index (χ0v) is 14.7. The molecule has 0 spiro atoms. The number of rotatable bonds is 5. The first kappa shape index (κ1) is 19.0. The molecule has 0 heterocycles. The fourth-order valence-electron chi connectivity index (χ4n) is 2.07. The normalized spacial score (nSPS) is 10.3. The molecule has 23 heavy (non-hydrogen) atoms. The molecular weight excluding hydrogens is 364 g/mol. The summed E-state index contributed by atoms with van der Waals surface area (Å²) in [6, 6.07) is 12.2. The molecule has 2 aromatic rings. The van der Waals surface area contributed by atoms with E-state index in [1.807, 2.05) is 5.83 Å². The van der Waals surface area contributed by atoms with Crippen LogP contribution < -0.4 is 14.6 Å². The molecule has 0 fully saturated rings. The highest BCUT2D eigenvalue weighted by Gasteiger charge is 2.33. The smallest absolute Gasteiger partial charge is 0.154 e. The molecule has 0 saturated carbocycles. The maximum atomic E-state index is 11.5. The molecule has 6 heteroatoms. The zero-order valence-electron chi connectivity index (χ0n) is 13.1. The summed E-state index contributed by atoms with van der Waals surface area (Å²) < 4.78 is 10.0. The van der Waals surface area contributed by atoms with E-state index in [9.17, 15) is 15.0 Å².